The topological polar surface area (TPSA) is 205 Å². The molecule has 16 heteroatoms. The quantitative estimate of drug-likeness (QED) is 0.0638. The number of allylic oxidation sites excluding steroid dienone is 3. The number of halogens is 2. The standard InChI is InChI=1S/C8H11NO3.C5H8O4.C4H6Br2.C2H4O2.CH4O.CH3O.K.Na/c1-3-5-4-8(5,6(9)10)7(11)12-2;1-8-4(6)3-5(7)9-2;5-3-1-2-4-6;1-2(3)4;2*1-2;;/h3,5H,1,4H2,2H3,(H2,9,10);3H2,1-2H3;1-2H,3-4H2;1H3,(H,3,4);2H,1H3;1H3;;/q;;;;;-1;2*+1/p-1/b;;2-1+;;;;;/t5-,8+;;;;;;;/m0......./s1. The number of carboxylic acids is 1. The van der Waals surface area contributed by atoms with Crippen molar-refractivity contribution in [2.75, 3.05) is 46.2 Å². The summed E-state index contributed by atoms with van der Waals surface area (Å²) in [4.78, 5) is 51.5. The van der Waals surface area contributed by atoms with E-state index in [2.05, 4.69) is 64.8 Å². The zero-order valence-electron chi connectivity index (χ0n) is 22.7. The molecule has 0 aromatic heterocycles. The van der Waals surface area contributed by atoms with Crippen molar-refractivity contribution in [2.45, 2.75) is 19.8 Å². The molecule has 1 rings (SSSR count). The SMILES string of the molecule is BrC/C=C/CBr.C=C[C@H]1C[C@@]1(C(N)=O)C(=O)OC.CC(=O)[O-].CO.COC(=O)CC(=O)OC.C[O-].[K+].[Na+]. The molecule has 0 aromatic rings. The number of nitrogens with two attached hydrogens (primary N) is 1. The number of aliphatic hydroxyl groups excluding tert-OH is 1. The van der Waals surface area contributed by atoms with Gasteiger partial charge in [-0.1, -0.05) is 50.1 Å². The van der Waals surface area contributed by atoms with E-state index in [0.29, 0.717) is 6.42 Å². The van der Waals surface area contributed by atoms with Crippen LogP contribution < -0.4 is 96.9 Å². The number of methoxy groups -OCH3 is 3. The first-order chi connectivity index (χ1) is 16.4. The molecule has 0 radical (unpaired) electrons. The zero-order chi connectivity index (χ0) is 29.0. The Morgan fingerprint density at radius 3 is 1.49 bits per heavy atom. The monoisotopic (exact) mass is 697 g/mol. The fourth-order valence-electron chi connectivity index (χ4n) is 1.76. The predicted molar refractivity (Wildman–Crippen MR) is 132 cm³/mol. The summed E-state index contributed by atoms with van der Waals surface area (Å²) in [7, 11) is 5.42. The van der Waals surface area contributed by atoms with Gasteiger partial charge in [0.05, 0.1) is 21.3 Å². The van der Waals surface area contributed by atoms with Crippen LogP contribution in [-0.2, 0) is 38.2 Å². The summed E-state index contributed by atoms with van der Waals surface area (Å²) < 4.78 is 12.8. The number of carbonyl (C=O) groups is 5. The maximum atomic E-state index is 11.1. The van der Waals surface area contributed by atoms with Crippen molar-refractivity contribution in [3.05, 3.63) is 24.8 Å². The number of amides is 1. The fourth-order valence-corrected chi connectivity index (χ4v) is 2.29. The van der Waals surface area contributed by atoms with E-state index in [0.717, 1.165) is 31.8 Å². The van der Waals surface area contributed by atoms with Crippen molar-refractivity contribution >= 4 is 61.6 Å². The van der Waals surface area contributed by atoms with Crippen LogP contribution in [0.15, 0.2) is 24.8 Å². The van der Waals surface area contributed by atoms with Gasteiger partial charge in [-0.05, 0) is 13.3 Å². The fraction of sp³-hybridized carbons (Fsp3) is 0.571. The number of primary amides is 1. The molecule has 12 nitrogen and oxygen atoms in total. The van der Waals surface area contributed by atoms with Crippen LogP contribution >= 0.6 is 31.9 Å². The molecule has 1 aliphatic rings. The first kappa shape index (κ1) is 53.6. The number of esters is 3. The van der Waals surface area contributed by atoms with Crippen molar-refractivity contribution in [3.63, 3.8) is 0 Å². The number of aliphatic hydroxyl groups is 1. The Balaban J connectivity index is -0.0000000645. The molecule has 0 aliphatic heterocycles. The van der Waals surface area contributed by atoms with Crippen molar-refractivity contribution in [1.82, 2.24) is 0 Å². The summed E-state index contributed by atoms with van der Waals surface area (Å²) in [5.74, 6) is -3.58. The number of rotatable bonds is 7. The van der Waals surface area contributed by atoms with Gasteiger partial charge in [0.1, 0.15) is 6.42 Å². The first-order valence-corrected chi connectivity index (χ1v) is 11.6. The molecule has 37 heavy (non-hydrogen) atoms. The zero-order valence-corrected chi connectivity index (χ0v) is 31.0. The molecule has 1 aliphatic carbocycles. The van der Waals surface area contributed by atoms with Gasteiger partial charge in [0.25, 0.3) is 0 Å². The van der Waals surface area contributed by atoms with Crippen LogP contribution in [0.25, 0.3) is 0 Å². The summed E-state index contributed by atoms with van der Waals surface area (Å²) in [5, 5.41) is 26.1. The molecular formula is C21H35Br2KNNaO11. The van der Waals surface area contributed by atoms with Crippen LogP contribution in [0.4, 0.5) is 0 Å². The first-order valence-electron chi connectivity index (χ1n) is 9.39. The van der Waals surface area contributed by atoms with E-state index in [1.165, 1.54) is 21.3 Å². The molecular weight excluding hydrogens is 664 g/mol. The molecule has 3 N–H and O–H groups in total. The summed E-state index contributed by atoms with van der Waals surface area (Å²) >= 11 is 6.49. The van der Waals surface area contributed by atoms with E-state index in [1.807, 2.05) is 0 Å². The van der Waals surface area contributed by atoms with Crippen LogP contribution in [0, 0.1) is 11.3 Å². The number of carboxylic acid groups (broad SMARTS) is 1. The molecule has 0 aromatic carbocycles. The van der Waals surface area contributed by atoms with Crippen molar-refractivity contribution < 1.29 is 134 Å². The second-order valence-electron chi connectivity index (χ2n) is 5.47. The molecule has 206 valence electrons. The molecule has 2 atom stereocenters. The Morgan fingerprint density at radius 1 is 1.00 bits per heavy atom. The van der Waals surface area contributed by atoms with Crippen LogP contribution in [0.1, 0.15) is 19.8 Å². The van der Waals surface area contributed by atoms with Gasteiger partial charge in [-0.25, -0.2) is 0 Å². The van der Waals surface area contributed by atoms with Crippen LogP contribution in [0.3, 0.4) is 0 Å². The Kier molecular flexibility index (Phi) is 55.7. The smallest absolute Gasteiger partial charge is 0.857 e. The average Bonchev–Trinajstić information content (AvgIpc) is 3.61. The average molecular weight is 699 g/mol. The molecule has 1 amide bonds. The molecule has 0 saturated heterocycles. The molecule has 0 unspecified atom stereocenters. The summed E-state index contributed by atoms with van der Waals surface area (Å²) in [6, 6.07) is 0. The van der Waals surface area contributed by atoms with Gasteiger partial charge >= 0.3 is 98.8 Å². The minimum absolute atomic E-state index is 0. The van der Waals surface area contributed by atoms with Gasteiger partial charge in [0, 0.05) is 29.7 Å². The van der Waals surface area contributed by atoms with Crippen molar-refractivity contribution in [3.8, 4) is 0 Å². The Morgan fingerprint density at radius 2 is 1.32 bits per heavy atom. The van der Waals surface area contributed by atoms with Gasteiger partial charge < -0.3 is 40.1 Å². The third kappa shape index (κ3) is 32.5. The Hall–Kier alpha value is 0.346. The van der Waals surface area contributed by atoms with Gasteiger partial charge in [-0.15, -0.1) is 6.58 Å². The largest absolute Gasteiger partial charge is 1.00 e. The Labute approximate surface area is 300 Å². The van der Waals surface area contributed by atoms with E-state index in [-0.39, 0.29) is 93.3 Å². The number of hydrogen-bond acceptors (Lipinski definition) is 11. The minimum Gasteiger partial charge on any atom is -0.857 e. The van der Waals surface area contributed by atoms with Gasteiger partial charge in [0.15, 0.2) is 5.41 Å². The van der Waals surface area contributed by atoms with E-state index >= 15 is 0 Å². The number of aliphatic carboxylic acids is 1. The van der Waals surface area contributed by atoms with E-state index in [4.69, 9.17) is 25.8 Å². The minimum atomic E-state index is -1.11. The van der Waals surface area contributed by atoms with Crippen LogP contribution in [0.5, 0.6) is 0 Å². The number of hydrogen-bond donors (Lipinski definition) is 2. The van der Waals surface area contributed by atoms with E-state index < -0.39 is 35.2 Å². The molecule has 1 fully saturated rings. The second kappa shape index (κ2) is 38.5. The summed E-state index contributed by atoms with van der Waals surface area (Å²) in [6.07, 6.45) is 5.77. The van der Waals surface area contributed by atoms with Crippen molar-refractivity contribution in [1.29, 1.82) is 0 Å². The van der Waals surface area contributed by atoms with E-state index in [9.17, 15) is 19.2 Å². The predicted octanol–water partition coefficient (Wildman–Crippen LogP) is -6.76. The Bertz CT molecular complexity index is 632. The van der Waals surface area contributed by atoms with Gasteiger partial charge in [-0.2, -0.15) is 7.11 Å². The van der Waals surface area contributed by atoms with Crippen LogP contribution in [0.2, 0.25) is 0 Å². The summed E-state index contributed by atoms with van der Waals surface area (Å²) in [5.41, 5.74) is 3.97. The van der Waals surface area contributed by atoms with Crippen LogP contribution in [-0.4, -0.2) is 81.1 Å². The second-order valence-corrected chi connectivity index (χ2v) is 6.77. The molecule has 0 bridgehead atoms. The normalized spacial score (nSPS) is 15.1. The number of ether oxygens (including phenoxy) is 3. The van der Waals surface area contributed by atoms with E-state index in [1.54, 1.807) is 6.08 Å². The number of alkyl halides is 2. The van der Waals surface area contributed by atoms with Gasteiger partial charge in [0.2, 0.25) is 5.91 Å². The molecule has 0 spiro atoms. The molecule has 1 saturated carbocycles. The summed E-state index contributed by atoms with van der Waals surface area (Å²) in [6.45, 7) is 4.47. The van der Waals surface area contributed by atoms with Crippen molar-refractivity contribution in [2.24, 2.45) is 17.1 Å². The maximum Gasteiger partial charge on any atom is 1.00 e. The van der Waals surface area contributed by atoms with Gasteiger partial charge in [-0.3, -0.25) is 19.2 Å². The molecule has 0 heterocycles. The third-order valence-corrected chi connectivity index (χ3v) is 4.13. The number of carbonyl (C=O) groups excluding carboxylic acids is 5. The third-order valence-electron chi connectivity index (χ3n) is 3.38. The maximum absolute atomic E-state index is 11.1.